The predicted molar refractivity (Wildman–Crippen MR) is 57.1 cm³/mol. The number of nitrogens with zero attached hydrogens (tertiary/aromatic N) is 2. The Morgan fingerprint density at radius 1 is 1.50 bits per heavy atom. The lowest BCUT2D eigenvalue weighted by molar-refractivity contribution is -0.517. The molecule has 2 heterocycles. The molecule has 2 rings (SSSR count). The normalized spacial score (nSPS) is 11.0. The largest absolute Gasteiger partial charge is 0.726 e. The Kier molecular flexibility index (Phi) is 3.92. The van der Waals surface area contributed by atoms with Crippen molar-refractivity contribution in [2.24, 2.45) is 0 Å². The summed E-state index contributed by atoms with van der Waals surface area (Å²) in [4.78, 5) is 5.45. The van der Waals surface area contributed by atoms with E-state index in [2.05, 4.69) is 27.8 Å². The molecule has 0 saturated carbocycles. The highest BCUT2D eigenvalue weighted by molar-refractivity contribution is 7.79. The molecule has 0 amide bonds. The van der Waals surface area contributed by atoms with Gasteiger partial charge in [0.2, 0.25) is 10.4 Å². The molecule has 0 atom stereocenters. The summed E-state index contributed by atoms with van der Waals surface area (Å²) in [5.74, 6) is 0. The highest BCUT2D eigenvalue weighted by atomic mass is 32.3. The van der Waals surface area contributed by atoms with Gasteiger partial charge in [-0.25, -0.2) is 8.42 Å². The van der Waals surface area contributed by atoms with Crippen molar-refractivity contribution in [3.05, 3.63) is 29.0 Å². The van der Waals surface area contributed by atoms with Gasteiger partial charge in [-0.15, -0.1) is 0 Å². The van der Waals surface area contributed by atoms with Crippen LogP contribution in [0.1, 0.15) is 11.4 Å². The molecular weight excluding hydrogens is 252 g/mol. The van der Waals surface area contributed by atoms with Crippen LogP contribution < -0.4 is 4.40 Å². The van der Waals surface area contributed by atoms with Gasteiger partial charge < -0.3 is 4.55 Å². The fourth-order valence-corrected chi connectivity index (χ4v) is 2.00. The van der Waals surface area contributed by atoms with Crippen molar-refractivity contribution in [3.63, 3.8) is 0 Å². The second-order valence-corrected chi connectivity index (χ2v) is 4.75. The van der Waals surface area contributed by atoms with Crippen molar-refractivity contribution in [2.75, 3.05) is 0 Å². The molecule has 0 aliphatic carbocycles. The lowest BCUT2D eigenvalue weighted by Gasteiger charge is -1.88. The first-order chi connectivity index (χ1) is 7.27. The predicted octanol–water partition coefficient (Wildman–Crippen LogP) is 0.503. The molecule has 0 saturated heterocycles. The van der Waals surface area contributed by atoms with Gasteiger partial charge in [0.05, 0.1) is 0 Å². The number of rotatable bonds is 0. The second-order valence-electron chi connectivity index (χ2n) is 3.02. The van der Waals surface area contributed by atoms with Gasteiger partial charge in [-0.05, 0) is 11.9 Å². The van der Waals surface area contributed by atoms with Crippen LogP contribution in [0.15, 0.2) is 17.6 Å². The summed E-state index contributed by atoms with van der Waals surface area (Å²) in [5.41, 5.74) is 2.33. The minimum Gasteiger partial charge on any atom is -0.726 e. The van der Waals surface area contributed by atoms with Crippen LogP contribution >= 0.6 is 11.3 Å². The van der Waals surface area contributed by atoms with Crippen molar-refractivity contribution < 1.29 is 21.9 Å². The SMILES string of the molecule is Cc1cc(C)[n+]2ccsc2n1.O=S(=O)([O-])O. The van der Waals surface area contributed by atoms with Gasteiger partial charge in [0, 0.05) is 18.4 Å². The van der Waals surface area contributed by atoms with Crippen molar-refractivity contribution in [2.45, 2.75) is 13.8 Å². The topological polar surface area (TPSA) is 94.4 Å². The smallest absolute Gasteiger partial charge is 0.387 e. The summed E-state index contributed by atoms with van der Waals surface area (Å²) in [6, 6.07) is 2.08. The Hall–Kier alpha value is -1.09. The molecule has 0 unspecified atom stereocenters. The summed E-state index contributed by atoms with van der Waals surface area (Å²) >= 11 is 1.67. The maximum atomic E-state index is 8.63. The van der Waals surface area contributed by atoms with Crippen LogP contribution in [0.2, 0.25) is 0 Å². The molecule has 0 fully saturated rings. The van der Waals surface area contributed by atoms with Crippen LogP contribution in [0.3, 0.4) is 0 Å². The van der Waals surface area contributed by atoms with Crippen molar-refractivity contribution in [1.29, 1.82) is 0 Å². The molecule has 88 valence electrons. The fraction of sp³-hybridized carbons (Fsp3) is 0.250. The Balaban J connectivity index is 0.000000221. The molecule has 1 N–H and O–H groups in total. The number of hydrogen-bond donors (Lipinski definition) is 1. The second kappa shape index (κ2) is 4.83. The lowest BCUT2D eigenvalue weighted by Crippen LogP contribution is -2.23. The van der Waals surface area contributed by atoms with E-state index >= 15 is 0 Å². The zero-order valence-electron chi connectivity index (χ0n) is 8.61. The Morgan fingerprint density at radius 3 is 2.62 bits per heavy atom. The van der Waals surface area contributed by atoms with E-state index in [0.29, 0.717) is 0 Å². The Labute approximate surface area is 96.8 Å². The highest BCUT2D eigenvalue weighted by Crippen LogP contribution is 2.04. The van der Waals surface area contributed by atoms with E-state index in [1.807, 2.05) is 13.1 Å². The number of hydrogen-bond acceptors (Lipinski definition) is 5. The lowest BCUT2D eigenvalue weighted by atomic mass is 10.3. The molecule has 0 aliphatic rings. The molecule has 0 aliphatic heterocycles. The van der Waals surface area contributed by atoms with Crippen LogP contribution in [-0.4, -0.2) is 22.5 Å². The molecule has 0 spiro atoms. The first kappa shape index (κ1) is 13.0. The molecule has 0 bridgehead atoms. The standard InChI is InChI=1S/C8H9N2S.H2O4S/c1-6-5-7(2)10-3-4-11-8(10)9-6;1-5(2,3)4/h3-5H,1-2H3;(H2,1,2,3,4)/q+1;/p-1. The third-order valence-corrected chi connectivity index (χ3v) is 2.42. The van der Waals surface area contributed by atoms with Gasteiger partial charge in [0.15, 0.2) is 5.69 Å². The van der Waals surface area contributed by atoms with Gasteiger partial charge in [-0.2, -0.15) is 4.40 Å². The summed E-state index contributed by atoms with van der Waals surface area (Å²) in [6.45, 7) is 4.11. The zero-order valence-corrected chi connectivity index (χ0v) is 10.2. The van der Waals surface area contributed by atoms with Gasteiger partial charge in [-0.3, -0.25) is 4.55 Å². The third kappa shape index (κ3) is 4.19. The van der Waals surface area contributed by atoms with Gasteiger partial charge in [0.1, 0.15) is 11.9 Å². The first-order valence-electron chi connectivity index (χ1n) is 4.19. The van der Waals surface area contributed by atoms with Gasteiger partial charge in [0.25, 0.3) is 0 Å². The van der Waals surface area contributed by atoms with E-state index in [9.17, 15) is 0 Å². The fourth-order valence-electron chi connectivity index (χ4n) is 1.18. The molecule has 0 radical (unpaired) electrons. The summed E-state index contributed by atoms with van der Waals surface area (Å²) in [6.07, 6.45) is 2.04. The summed E-state index contributed by atoms with van der Waals surface area (Å²) in [5, 5.41) is 2.05. The average molecular weight is 262 g/mol. The van der Waals surface area contributed by atoms with E-state index < -0.39 is 10.4 Å². The molecule has 2 aromatic rings. The van der Waals surface area contributed by atoms with Crippen molar-refractivity contribution in [1.82, 2.24) is 4.98 Å². The third-order valence-electron chi connectivity index (χ3n) is 1.66. The van der Waals surface area contributed by atoms with Crippen LogP contribution in [0.4, 0.5) is 0 Å². The monoisotopic (exact) mass is 262 g/mol. The molecular formula is C8H10N2O4S2. The molecule has 16 heavy (non-hydrogen) atoms. The van der Waals surface area contributed by atoms with Crippen molar-refractivity contribution >= 4 is 26.7 Å². The van der Waals surface area contributed by atoms with Crippen LogP contribution in [0.5, 0.6) is 0 Å². The number of fused-ring (bicyclic) bond motifs is 1. The Morgan fingerprint density at radius 2 is 2.06 bits per heavy atom. The van der Waals surface area contributed by atoms with Crippen molar-refractivity contribution in [3.8, 4) is 0 Å². The van der Waals surface area contributed by atoms with E-state index in [1.165, 1.54) is 5.69 Å². The maximum Gasteiger partial charge on any atom is 0.387 e. The molecule has 8 heteroatoms. The van der Waals surface area contributed by atoms with Crippen LogP contribution in [0, 0.1) is 13.8 Å². The highest BCUT2D eigenvalue weighted by Gasteiger charge is 2.08. The van der Waals surface area contributed by atoms with Gasteiger partial charge in [-0.1, -0.05) is 11.3 Å². The first-order valence-corrected chi connectivity index (χ1v) is 6.43. The number of aromatic nitrogens is 2. The minimum absolute atomic E-state index is 1.07. The van der Waals surface area contributed by atoms with Crippen LogP contribution in [-0.2, 0) is 10.4 Å². The molecule has 2 aromatic heterocycles. The average Bonchev–Trinajstić information content (AvgIpc) is 2.47. The molecule has 0 aromatic carbocycles. The van der Waals surface area contributed by atoms with E-state index in [0.717, 1.165) is 10.7 Å². The number of aryl methyl sites for hydroxylation is 2. The quantitative estimate of drug-likeness (QED) is 0.424. The van der Waals surface area contributed by atoms with Crippen LogP contribution in [0.25, 0.3) is 4.96 Å². The Bertz CT molecular complexity index is 583. The van der Waals surface area contributed by atoms with Gasteiger partial charge >= 0.3 is 4.96 Å². The minimum atomic E-state index is -4.92. The van der Waals surface area contributed by atoms with E-state index in [4.69, 9.17) is 17.5 Å². The zero-order chi connectivity index (χ0) is 12.3. The maximum absolute atomic E-state index is 8.63. The molecule has 6 nitrogen and oxygen atoms in total. The van der Waals surface area contributed by atoms with E-state index in [-0.39, 0.29) is 0 Å². The van der Waals surface area contributed by atoms with E-state index in [1.54, 1.807) is 11.3 Å². The summed E-state index contributed by atoms with van der Waals surface area (Å²) in [7, 11) is -4.92. The number of thiazole rings is 1. The summed E-state index contributed by atoms with van der Waals surface area (Å²) < 4.78 is 34.9.